The van der Waals surface area contributed by atoms with Crippen LogP contribution in [0.15, 0.2) is 54.6 Å². The Morgan fingerprint density at radius 1 is 1.16 bits per heavy atom. The fourth-order valence-electron chi connectivity index (χ4n) is 3.20. The third kappa shape index (κ3) is 2.55. The van der Waals surface area contributed by atoms with Crippen LogP contribution in [0.2, 0.25) is 5.02 Å². The normalized spacial score (nSPS) is 11.3. The van der Waals surface area contributed by atoms with Crippen molar-refractivity contribution in [2.24, 2.45) is 5.73 Å². The SMILES string of the molecule is NC(=O)c1cccc2c1c1[c]cc(F)cc1n2Cc1ccccc1Cl. The molecule has 5 heteroatoms. The van der Waals surface area contributed by atoms with Crippen molar-refractivity contribution in [3.63, 3.8) is 0 Å². The Labute approximate surface area is 148 Å². The van der Waals surface area contributed by atoms with Gasteiger partial charge in [-0.15, -0.1) is 0 Å². The average Bonchev–Trinajstić information content (AvgIpc) is 2.90. The largest absolute Gasteiger partial charge is 0.366 e. The van der Waals surface area contributed by atoms with E-state index < -0.39 is 11.7 Å². The van der Waals surface area contributed by atoms with Crippen molar-refractivity contribution < 1.29 is 9.18 Å². The molecule has 0 spiro atoms. The maximum absolute atomic E-state index is 13.9. The molecule has 0 aliphatic rings. The molecule has 3 nitrogen and oxygen atoms in total. The van der Waals surface area contributed by atoms with Gasteiger partial charge in [-0.25, -0.2) is 4.39 Å². The van der Waals surface area contributed by atoms with Gasteiger partial charge in [0.1, 0.15) is 5.82 Å². The lowest BCUT2D eigenvalue weighted by Gasteiger charge is -2.09. The first-order valence-corrected chi connectivity index (χ1v) is 8.09. The second-order valence-electron chi connectivity index (χ2n) is 5.82. The van der Waals surface area contributed by atoms with Crippen LogP contribution in [0.4, 0.5) is 4.39 Å². The molecule has 123 valence electrons. The molecule has 0 bridgehead atoms. The van der Waals surface area contributed by atoms with Crippen LogP contribution in [0.5, 0.6) is 0 Å². The van der Waals surface area contributed by atoms with Crippen molar-refractivity contribution in [1.29, 1.82) is 0 Å². The number of rotatable bonds is 3. The van der Waals surface area contributed by atoms with Gasteiger partial charge in [-0.1, -0.05) is 35.9 Å². The molecule has 0 aliphatic carbocycles. The molecule has 0 aliphatic heterocycles. The second-order valence-corrected chi connectivity index (χ2v) is 6.23. The Kier molecular flexibility index (Phi) is 3.70. The minimum absolute atomic E-state index is 0.392. The van der Waals surface area contributed by atoms with Crippen molar-refractivity contribution in [3.05, 3.63) is 82.6 Å². The number of primary amides is 1. The molecule has 0 saturated carbocycles. The van der Waals surface area contributed by atoms with Crippen LogP contribution in [-0.2, 0) is 6.54 Å². The van der Waals surface area contributed by atoms with E-state index in [1.165, 1.54) is 12.1 Å². The van der Waals surface area contributed by atoms with E-state index in [2.05, 4.69) is 6.07 Å². The molecule has 1 amide bonds. The fourth-order valence-corrected chi connectivity index (χ4v) is 3.40. The zero-order chi connectivity index (χ0) is 17.6. The molecule has 25 heavy (non-hydrogen) atoms. The third-order valence-corrected chi connectivity index (χ3v) is 4.68. The van der Waals surface area contributed by atoms with Crippen LogP contribution in [-0.4, -0.2) is 10.5 Å². The van der Waals surface area contributed by atoms with Gasteiger partial charge in [0.15, 0.2) is 0 Å². The standard InChI is InChI=1S/C20H13ClFN2O/c21-16-6-2-1-4-12(16)11-24-17-7-3-5-15(20(23)25)19(17)14-9-8-13(22)10-18(14)24/h1-8,10H,11H2,(H2,23,25). The molecule has 0 unspecified atom stereocenters. The zero-order valence-electron chi connectivity index (χ0n) is 13.1. The lowest BCUT2D eigenvalue weighted by atomic mass is 10.1. The summed E-state index contributed by atoms with van der Waals surface area (Å²) in [6.07, 6.45) is 0. The molecule has 3 aromatic carbocycles. The van der Waals surface area contributed by atoms with E-state index >= 15 is 0 Å². The molecular weight excluding hydrogens is 339 g/mol. The van der Waals surface area contributed by atoms with Gasteiger partial charge in [0.05, 0.1) is 11.0 Å². The van der Waals surface area contributed by atoms with Gasteiger partial charge in [0, 0.05) is 27.9 Å². The Morgan fingerprint density at radius 2 is 1.96 bits per heavy atom. The number of nitrogens with zero attached hydrogens (tertiary/aromatic N) is 1. The number of hydrogen-bond donors (Lipinski definition) is 1. The highest BCUT2D eigenvalue weighted by Gasteiger charge is 2.17. The molecule has 0 saturated heterocycles. The zero-order valence-corrected chi connectivity index (χ0v) is 13.8. The molecule has 0 fully saturated rings. The van der Waals surface area contributed by atoms with E-state index in [1.807, 2.05) is 34.9 Å². The number of amides is 1. The van der Waals surface area contributed by atoms with E-state index in [0.717, 1.165) is 11.1 Å². The first-order valence-electron chi connectivity index (χ1n) is 7.71. The molecule has 2 N–H and O–H groups in total. The smallest absolute Gasteiger partial charge is 0.249 e. The molecule has 4 aromatic rings. The van der Waals surface area contributed by atoms with Crippen molar-refractivity contribution in [1.82, 2.24) is 4.57 Å². The lowest BCUT2D eigenvalue weighted by molar-refractivity contribution is 0.100. The number of hydrogen-bond acceptors (Lipinski definition) is 1. The maximum Gasteiger partial charge on any atom is 0.249 e. The number of aromatic nitrogens is 1. The van der Waals surface area contributed by atoms with Crippen LogP contribution < -0.4 is 5.73 Å². The maximum atomic E-state index is 13.9. The highest BCUT2D eigenvalue weighted by Crippen LogP contribution is 2.33. The van der Waals surface area contributed by atoms with Crippen molar-refractivity contribution in [2.75, 3.05) is 0 Å². The van der Waals surface area contributed by atoms with Crippen molar-refractivity contribution >= 4 is 39.3 Å². The molecule has 1 aromatic heterocycles. The monoisotopic (exact) mass is 351 g/mol. The van der Waals surface area contributed by atoms with Gasteiger partial charge in [-0.05, 0) is 42.0 Å². The highest BCUT2D eigenvalue weighted by molar-refractivity contribution is 6.31. The molecule has 1 radical (unpaired) electrons. The van der Waals surface area contributed by atoms with Crippen LogP contribution in [0.3, 0.4) is 0 Å². The van der Waals surface area contributed by atoms with Crippen LogP contribution in [0, 0.1) is 11.9 Å². The van der Waals surface area contributed by atoms with Crippen LogP contribution >= 0.6 is 11.6 Å². The van der Waals surface area contributed by atoms with Gasteiger partial charge >= 0.3 is 0 Å². The van der Waals surface area contributed by atoms with Gasteiger partial charge in [-0.3, -0.25) is 4.79 Å². The van der Waals surface area contributed by atoms with Crippen LogP contribution in [0.25, 0.3) is 21.8 Å². The third-order valence-electron chi connectivity index (χ3n) is 4.31. The summed E-state index contributed by atoms with van der Waals surface area (Å²) in [7, 11) is 0. The summed E-state index contributed by atoms with van der Waals surface area (Å²) in [6.45, 7) is 0.444. The summed E-state index contributed by atoms with van der Waals surface area (Å²) in [4.78, 5) is 11.9. The quantitative estimate of drug-likeness (QED) is 0.579. The predicted molar refractivity (Wildman–Crippen MR) is 97.3 cm³/mol. The minimum Gasteiger partial charge on any atom is -0.366 e. The summed E-state index contributed by atoms with van der Waals surface area (Å²) in [5.74, 6) is -0.920. The summed E-state index contributed by atoms with van der Waals surface area (Å²) in [6, 6.07) is 18.4. The van der Waals surface area contributed by atoms with Gasteiger partial charge < -0.3 is 10.3 Å². The predicted octanol–water partition coefficient (Wildman–Crippen LogP) is 4.53. The minimum atomic E-state index is -0.528. The van der Waals surface area contributed by atoms with E-state index in [0.29, 0.717) is 33.4 Å². The summed E-state index contributed by atoms with van der Waals surface area (Å²) in [5.41, 5.74) is 8.25. The second kappa shape index (κ2) is 5.90. The number of halogens is 2. The molecule has 1 heterocycles. The highest BCUT2D eigenvalue weighted by atomic mass is 35.5. The Balaban J connectivity index is 2.08. The number of nitrogens with two attached hydrogens (primary N) is 1. The van der Waals surface area contributed by atoms with E-state index in [1.54, 1.807) is 12.1 Å². The Hall–Kier alpha value is -2.85. The van der Waals surface area contributed by atoms with Gasteiger partial charge in [0.2, 0.25) is 5.91 Å². The van der Waals surface area contributed by atoms with Crippen molar-refractivity contribution in [3.8, 4) is 0 Å². The van der Waals surface area contributed by atoms with E-state index in [9.17, 15) is 9.18 Å². The summed E-state index contributed by atoms with van der Waals surface area (Å²) in [5, 5.41) is 1.97. The summed E-state index contributed by atoms with van der Waals surface area (Å²) >= 11 is 6.29. The van der Waals surface area contributed by atoms with Gasteiger partial charge in [-0.2, -0.15) is 0 Å². The van der Waals surface area contributed by atoms with Gasteiger partial charge in [0.25, 0.3) is 0 Å². The molecule has 4 rings (SSSR count). The summed E-state index contributed by atoms with van der Waals surface area (Å²) < 4.78 is 15.8. The number of carbonyl (C=O) groups excluding carboxylic acids is 1. The number of fused-ring (bicyclic) bond motifs is 3. The lowest BCUT2D eigenvalue weighted by Crippen LogP contribution is -2.11. The fraction of sp³-hybridized carbons (Fsp3) is 0.0500. The Morgan fingerprint density at radius 3 is 2.72 bits per heavy atom. The van der Waals surface area contributed by atoms with E-state index in [4.69, 9.17) is 17.3 Å². The first kappa shape index (κ1) is 15.7. The topological polar surface area (TPSA) is 48.0 Å². The first-order chi connectivity index (χ1) is 12.1. The Bertz CT molecular complexity index is 1130. The number of benzene rings is 3. The molecular formula is C20H13ClFN2O. The van der Waals surface area contributed by atoms with Crippen LogP contribution in [0.1, 0.15) is 15.9 Å². The van der Waals surface area contributed by atoms with E-state index in [-0.39, 0.29) is 0 Å². The number of carbonyl (C=O) groups is 1. The average molecular weight is 352 g/mol. The van der Waals surface area contributed by atoms with Crippen molar-refractivity contribution in [2.45, 2.75) is 6.54 Å². The molecule has 0 atom stereocenters.